The fraction of sp³-hybridized carbons (Fsp3) is 0. The van der Waals surface area contributed by atoms with Gasteiger partial charge in [0.25, 0.3) is 20.1 Å². The molecule has 0 saturated carbocycles. The van der Waals surface area contributed by atoms with Crippen molar-refractivity contribution in [3.8, 4) is 0 Å². The lowest BCUT2D eigenvalue weighted by atomic mass is 10.3. The first kappa shape index (κ1) is 15.3. The highest BCUT2D eigenvalue weighted by Gasteiger charge is 2.19. The van der Waals surface area contributed by atoms with Crippen LogP contribution in [0.2, 0.25) is 0 Å². The van der Waals surface area contributed by atoms with Gasteiger partial charge in [-0.15, -0.1) is 0 Å². The van der Waals surface area contributed by atoms with Gasteiger partial charge >= 0.3 is 0 Å². The van der Waals surface area contributed by atoms with E-state index in [-0.39, 0.29) is 10.6 Å². The third-order valence-corrected chi connectivity index (χ3v) is 4.90. The molecule has 112 valence electrons. The van der Waals surface area contributed by atoms with Crippen molar-refractivity contribution in [3.63, 3.8) is 0 Å². The molecule has 21 heavy (non-hydrogen) atoms. The van der Waals surface area contributed by atoms with Crippen molar-refractivity contribution in [1.82, 2.24) is 0 Å². The molecule has 0 aromatic heterocycles. The number of anilines is 2. The number of benzene rings is 2. The average molecular weight is 328 g/mol. The molecule has 4 N–H and O–H groups in total. The minimum Gasteiger partial charge on any atom is -0.398 e. The van der Waals surface area contributed by atoms with Crippen molar-refractivity contribution in [2.75, 3.05) is 10.5 Å². The lowest BCUT2D eigenvalue weighted by Gasteiger charge is -2.09. The van der Waals surface area contributed by atoms with E-state index in [1.807, 2.05) is 0 Å². The zero-order chi connectivity index (χ0) is 15.7. The Labute approximate surface area is 122 Å². The third kappa shape index (κ3) is 3.51. The average Bonchev–Trinajstić information content (AvgIpc) is 2.37. The van der Waals surface area contributed by atoms with Crippen LogP contribution in [-0.2, 0) is 20.1 Å². The number of para-hydroxylation sites is 1. The molecular weight excluding hydrogens is 316 g/mol. The molecule has 0 atom stereocenters. The molecule has 0 saturated heterocycles. The van der Waals surface area contributed by atoms with E-state index in [1.165, 1.54) is 0 Å². The normalized spacial score (nSPS) is 12.0. The maximum atomic E-state index is 12.1. The SMILES string of the molecule is Nc1cc(S(=O)(=O)Nc2ccccc2)ccc1S(=O)(=O)O. The summed E-state index contributed by atoms with van der Waals surface area (Å²) < 4.78 is 57.6. The zero-order valence-corrected chi connectivity index (χ0v) is 12.2. The quantitative estimate of drug-likeness (QED) is 0.574. The number of hydrogen-bond acceptors (Lipinski definition) is 5. The van der Waals surface area contributed by atoms with Gasteiger partial charge in [0.1, 0.15) is 4.90 Å². The summed E-state index contributed by atoms with van der Waals surface area (Å²) in [7, 11) is -8.40. The predicted molar refractivity (Wildman–Crippen MR) is 77.9 cm³/mol. The Bertz CT molecular complexity index is 862. The lowest BCUT2D eigenvalue weighted by Crippen LogP contribution is -2.14. The van der Waals surface area contributed by atoms with Crippen LogP contribution in [0.15, 0.2) is 58.3 Å². The van der Waals surface area contributed by atoms with E-state index in [4.69, 9.17) is 10.3 Å². The predicted octanol–water partition coefficient (Wildman–Crippen LogP) is 1.32. The fourth-order valence-corrected chi connectivity index (χ4v) is 3.34. The molecule has 0 bridgehead atoms. The minimum absolute atomic E-state index is 0.212. The smallest absolute Gasteiger partial charge is 0.296 e. The number of nitrogen functional groups attached to an aromatic ring is 1. The Morgan fingerprint density at radius 1 is 0.952 bits per heavy atom. The Hall–Kier alpha value is -2.10. The molecule has 2 rings (SSSR count). The molecule has 0 aliphatic rings. The molecule has 2 aromatic rings. The largest absolute Gasteiger partial charge is 0.398 e. The summed E-state index contributed by atoms with van der Waals surface area (Å²) in [6.07, 6.45) is 0. The molecule has 0 aliphatic heterocycles. The molecule has 0 spiro atoms. The Morgan fingerprint density at radius 3 is 2.10 bits per heavy atom. The summed E-state index contributed by atoms with van der Waals surface area (Å²) in [5, 5.41) is 0. The van der Waals surface area contributed by atoms with Gasteiger partial charge in [-0.3, -0.25) is 9.27 Å². The van der Waals surface area contributed by atoms with Gasteiger partial charge < -0.3 is 5.73 Å². The molecule has 7 nitrogen and oxygen atoms in total. The summed E-state index contributed by atoms with van der Waals surface area (Å²) in [4.78, 5) is -0.752. The zero-order valence-electron chi connectivity index (χ0n) is 10.6. The monoisotopic (exact) mass is 328 g/mol. The van der Waals surface area contributed by atoms with Crippen LogP contribution in [0, 0.1) is 0 Å². The summed E-state index contributed by atoms with van der Waals surface area (Å²) >= 11 is 0. The summed E-state index contributed by atoms with van der Waals surface area (Å²) in [6.45, 7) is 0. The van der Waals surface area contributed by atoms with Gasteiger partial charge in [-0.2, -0.15) is 8.42 Å². The van der Waals surface area contributed by atoms with Crippen LogP contribution in [0.3, 0.4) is 0 Å². The van der Waals surface area contributed by atoms with Crippen LogP contribution < -0.4 is 10.5 Å². The second kappa shape index (κ2) is 5.35. The maximum absolute atomic E-state index is 12.1. The maximum Gasteiger partial charge on any atom is 0.296 e. The van der Waals surface area contributed by atoms with Crippen molar-refractivity contribution in [3.05, 3.63) is 48.5 Å². The van der Waals surface area contributed by atoms with E-state index in [9.17, 15) is 16.8 Å². The summed E-state index contributed by atoms with van der Waals surface area (Å²) in [6, 6.07) is 11.1. The lowest BCUT2D eigenvalue weighted by molar-refractivity contribution is 0.483. The van der Waals surface area contributed by atoms with E-state index in [0.717, 1.165) is 18.2 Å². The van der Waals surface area contributed by atoms with E-state index in [0.29, 0.717) is 5.69 Å². The van der Waals surface area contributed by atoms with Crippen LogP contribution in [0.1, 0.15) is 0 Å². The second-order valence-corrected chi connectivity index (χ2v) is 7.22. The van der Waals surface area contributed by atoms with Gasteiger partial charge in [0.15, 0.2) is 0 Å². The molecule has 9 heteroatoms. The Morgan fingerprint density at radius 2 is 1.57 bits per heavy atom. The van der Waals surface area contributed by atoms with E-state index < -0.39 is 25.0 Å². The van der Waals surface area contributed by atoms with Crippen molar-refractivity contribution >= 4 is 31.5 Å². The number of sulfonamides is 1. The second-order valence-electron chi connectivity index (χ2n) is 4.15. The first-order valence-corrected chi connectivity index (χ1v) is 8.57. The molecule has 0 aliphatic carbocycles. The molecule has 2 aromatic carbocycles. The highest BCUT2D eigenvalue weighted by molar-refractivity contribution is 7.92. The van der Waals surface area contributed by atoms with Crippen LogP contribution in [0.4, 0.5) is 11.4 Å². The van der Waals surface area contributed by atoms with Gasteiger partial charge in [-0.05, 0) is 30.3 Å². The first-order valence-electron chi connectivity index (χ1n) is 5.65. The highest BCUT2D eigenvalue weighted by Crippen LogP contribution is 2.23. The summed E-state index contributed by atoms with van der Waals surface area (Å²) in [5.74, 6) is 0. The number of hydrogen-bond donors (Lipinski definition) is 3. The van der Waals surface area contributed by atoms with E-state index in [2.05, 4.69) is 4.72 Å². The van der Waals surface area contributed by atoms with Crippen LogP contribution in [-0.4, -0.2) is 21.4 Å². The van der Waals surface area contributed by atoms with E-state index >= 15 is 0 Å². The van der Waals surface area contributed by atoms with Gasteiger partial charge in [-0.1, -0.05) is 18.2 Å². The van der Waals surface area contributed by atoms with Crippen molar-refractivity contribution in [2.45, 2.75) is 9.79 Å². The van der Waals surface area contributed by atoms with Gasteiger partial charge in [-0.25, -0.2) is 8.42 Å². The fourth-order valence-electron chi connectivity index (χ4n) is 1.65. The highest BCUT2D eigenvalue weighted by atomic mass is 32.2. The molecule has 0 radical (unpaired) electrons. The van der Waals surface area contributed by atoms with Gasteiger partial charge in [0.05, 0.1) is 10.6 Å². The number of nitrogens with one attached hydrogen (secondary N) is 1. The number of nitrogens with two attached hydrogens (primary N) is 1. The molecule has 0 fully saturated rings. The standard InChI is InChI=1S/C12H12N2O5S2/c13-11-8-10(6-7-12(11)21(17,18)19)20(15,16)14-9-4-2-1-3-5-9/h1-8,14H,13H2,(H,17,18,19). The molecular formula is C12H12N2O5S2. The van der Waals surface area contributed by atoms with Crippen LogP contribution in [0.5, 0.6) is 0 Å². The van der Waals surface area contributed by atoms with Crippen molar-refractivity contribution < 1.29 is 21.4 Å². The number of rotatable bonds is 4. The van der Waals surface area contributed by atoms with Crippen molar-refractivity contribution in [1.29, 1.82) is 0 Å². The minimum atomic E-state index is -4.49. The molecule has 0 amide bonds. The molecule has 0 heterocycles. The van der Waals surface area contributed by atoms with E-state index in [1.54, 1.807) is 30.3 Å². The molecule has 0 unspecified atom stereocenters. The topological polar surface area (TPSA) is 127 Å². The van der Waals surface area contributed by atoms with Crippen LogP contribution in [0.25, 0.3) is 0 Å². The third-order valence-electron chi connectivity index (χ3n) is 2.60. The van der Waals surface area contributed by atoms with Gasteiger partial charge in [0, 0.05) is 5.69 Å². The Balaban J connectivity index is 2.40. The van der Waals surface area contributed by atoms with Crippen molar-refractivity contribution in [2.24, 2.45) is 0 Å². The van der Waals surface area contributed by atoms with Crippen LogP contribution >= 0.6 is 0 Å². The first-order chi connectivity index (χ1) is 9.70. The Kier molecular flexibility index (Phi) is 3.90. The summed E-state index contributed by atoms with van der Waals surface area (Å²) in [5.41, 5.74) is 5.47. The van der Waals surface area contributed by atoms with Gasteiger partial charge in [0.2, 0.25) is 0 Å².